The predicted molar refractivity (Wildman–Crippen MR) is 70.2 cm³/mol. The summed E-state index contributed by atoms with van der Waals surface area (Å²) in [4.78, 5) is 11.9. The lowest BCUT2D eigenvalue weighted by molar-refractivity contribution is 0.586. The van der Waals surface area contributed by atoms with Crippen molar-refractivity contribution < 1.29 is 8.42 Å². The molecule has 0 radical (unpaired) electrons. The van der Waals surface area contributed by atoms with Crippen LogP contribution >= 0.6 is 0 Å². The Morgan fingerprint density at radius 3 is 2.56 bits per heavy atom. The van der Waals surface area contributed by atoms with Gasteiger partial charge >= 0.3 is 0 Å². The Kier molecular flexibility index (Phi) is 3.00. The van der Waals surface area contributed by atoms with Crippen molar-refractivity contribution in [3.05, 3.63) is 40.2 Å². The molecular formula is C12H14N2O3S. The van der Waals surface area contributed by atoms with Crippen LogP contribution in [0.1, 0.15) is 5.56 Å². The molecule has 5 nitrogen and oxygen atoms in total. The Morgan fingerprint density at radius 2 is 1.94 bits per heavy atom. The van der Waals surface area contributed by atoms with Gasteiger partial charge in [0.25, 0.3) is 0 Å². The number of nitrogens with one attached hydrogen (secondary N) is 1. The molecule has 0 bridgehead atoms. The van der Waals surface area contributed by atoms with Crippen molar-refractivity contribution in [2.45, 2.75) is 11.8 Å². The average molecular weight is 266 g/mol. The molecule has 0 atom stereocenters. The fraction of sp³-hybridized carbons (Fsp3) is 0.250. The molecule has 1 aromatic carbocycles. The van der Waals surface area contributed by atoms with E-state index in [9.17, 15) is 13.2 Å². The summed E-state index contributed by atoms with van der Waals surface area (Å²) < 4.78 is 27.3. The van der Waals surface area contributed by atoms with Crippen LogP contribution in [0.4, 0.5) is 0 Å². The molecule has 0 amide bonds. The number of nitrogens with zero attached hydrogens (tertiary/aromatic N) is 1. The van der Waals surface area contributed by atoms with Crippen LogP contribution < -0.4 is 10.2 Å². The zero-order valence-corrected chi connectivity index (χ0v) is 11.2. The van der Waals surface area contributed by atoms with E-state index >= 15 is 0 Å². The Labute approximate surface area is 105 Å². The molecule has 0 aliphatic heterocycles. The second-order valence-corrected chi connectivity index (χ2v) is 6.02. The Morgan fingerprint density at radius 1 is 1.28 bits per heavy atom. The number of hydrogen-bond donors (Lipinski definition) is 1. The van der Waals surface area contributed by atoms with E-state index in [4.69, 9.17) is 0 Å². The van der Waals surface area contributed by atoms with Crippen molar-refractivity contribution in [1.82, 2.24) is 9.29 Å². The summed E-state index contributed by atoms with van der Waals surface area (Å²) in [6.07, 6.45) is 1.34. The fourth-order valence-corrected chi connectivity index (χ4v) is 2.73. The molecule has 0 aliphatic carbocycles. The number of benzene rings is 1. The number of aryl methyl sites for hydroxylation is 2. The van der Waals surface area contributed by atoms with E-state index in [1.807, 2.05) is 13.0 Å². The van der Waals surface area contributed by atoms with E-state index in [-0.39, 0.29) is 4.90 Å². The molecule has 0 unspecified atom stereocenters. The highest BCUT2D eigenvalue weighted by Gasteiger charge is 2.18. The summed E-state index contributed by atoms with van der Waals surface area (Å²) in [5, 5.41) is 0.402. The number of rotatable bonds is 2. The van der Waals surface area contributed by atoms with Gasteiger partial charge in [-0.2, -0.15) is 0 Å². The van der Waals surface area contributed by atoms with Crippen molar-refractivity contribution >= 4 is 20.9 Å². The molecular weight excluding hydrogens is 252 g/mol. The van der Waals surface area contributed by atoms with E-state index in [1.165, 1.54) is 13.2 Å². The molecule has 6 heteroatoms. The van der Waals surface area contributed by atoms with Crippen molar-refractivity contribution in [3.63, 3.8) is 0 Å². The van der Waals surface area contributed by atoms with Gasteiger partial charge in [0.1, 0.15) is 4.90 Å². The third kappa shape index (κ3) is 1.93. The average Bonchev–Trinajstić information content (AvgIpc) is 2.33. The summed E-state index contributed by atoms with van der Waals surface area (Å²) in [5.41, 5.74) is 1.26. The van der Waals surface area contributed by atoms with E-state index in [0.717, 1.165) is 11.1 Å². The van der Waals surface area contributed by atoms with Gasteiger partial charge in [0, 0.05) is 18.6 Å². The second-order valence-electron chi connectivity index (χ2n) is 4.16. The number of sulfonamides is 1. The number of fused-ring (bicyclic) bond motifs is 1. The summed E-state index contributed by atoms with van der Waals surface area (Å²) in [5.74, 6) is 0. The highest BCUT2D eigenvalue weighted by Crippen LogP contribution is 2.14. The van der Waals surface area contributed by atoms with Crippen molar-refractivity contribution in [2.24, 2.45) is 7.05 Å². The van der Waals surface area contributed by atoms with Gasteiger partial charge in [-0.25, -0.2) is 13.1 Å². The first-order valence-corrected chi connectivity index (χ1v) is 6.88. The largest absolute Gasteiger partial charge is 0.349 e. The summed E-state index contributed by atoms with van der Waals surface area (Å²) >= 11 is 0. The summed E-state index contributed by atoms with van der Waals surface area (Å²) in [6.45, 7) is 1.92. The number of pyridine rings is 1. The molecule has 96 valence electrons. The van der Waals surface area contributed by atoms with Crippen LogP contribution in [0.5, 0.6) is 0 Å². The fourth-order valence-electron chi connectivity index (χ4n) is 1.86. The van der Waals surface area contributed by atoms with Crippen LogP contribution in [-0.4, -0.2) is 20.0 Å². The lowest BCUT2D eigenvalue weighted by Gasteiger charge is -2.09. The van der Waals surface area contributed by atoms with Crippen LogP contribution in [0.15, 0.2) is 34.1 Å². The standard InChI is InChI=1S/C12H14N2O3S/c1-8-4-5-9-10(6-8)14(3)7-11(12(9)15)18(16,17)13-2/h4-7,13H,1-3H3. The maximum Gasteiger partial charge on any atom is 0.245 e. The quantitative estimate of drug-likeness (QED) is 0.872. The van der Waals surface area contributed by atoms with Gasteiger partial charge in [-0.1, -0.05) is 6.07 Å². The molecule has 0 saturated heterocycles. The Hall–Kier alpha value is -1.66. The minimum atomic E-state index is -3.74. The van der Waals surface area contributed by atoms with Crippen LogP contribution in [0.25, 0.3) is 10.9 Å². The third-order valence-corrected chi connectivity index (χ3v) is 4.28. The molecule has 0 fully saturated rings. The van der Waals surface area contributed by atoms with E-state index < -0.39 is 15.5 Å². The topological polar surface area (TPSA) is 68.2 Å². The number of hydrogen-bond acceptors (Lipinski definition) is 3. The van der Waals surface area contributed by atoms with Gasteiger partial charge in [-0.15, -0.1) is 0 Å². The van der Waals surface area contributed by atoms with Crippen LogP contribution in [0, 0.1) is 6.92 Å². The molecule has 0 spiro atoms. The third-order valence-electron chi connectivity index (χ3n) is 2.87. The van der Waals surface area contributed by atoms with Gasteiger partial charge in [-0.3, -0.25) is 4.79 Å². The van der Waals surface area contributed by atoms with Crippen molar-refractivity contribution in [3.8, 4) is 0 Å². The summed E-state index contributed by atoms with van der Waals surface area (Å²) in [7, 11) is -0.732. The smallest absolute Gasteiger partial charge is 0.245 e. The molecule has 0 saturated carbocycles. The monoisotopic (exact) mass is 266 g/mol. The minimum Gasteiger partial charge on any atom is -0.349 e. The maximum absolute atomic E-state index is 12.2. The van der Waals surface area contributed by atoms with Crippen LogP contribution in [-0.2, 0) is 17.1 Å². The lowest BCUT2D eigenvalue weighted by atomic mass is 10.1. The minimum absolute atomic E-state index is 0.233. The SMILES string of the molecule is CNS(=O)(=O)c1cn(C)c2cc(C)ccc2c1=O. The van der Waals surface area contributed by atoms with Gasteiger partial charge < -0.3 is 4.57 Å². The van der Waals surface area contributed by atoms with Crippen molar-refractivity contribution in [1.29, 1.82) is 0 Å². The molecule has 1 aromatic heterocycles. The highest BCUT2D eigenvalue weighted by molar-refractivity contribution is 7.89. The zero-order valence-electron chi connectivity index (χ0n) is 10.4. The highest BCUT2D eigenvalue weighted by atomic mass is 32.2. The second kappa shape index (κ2) is 4.22. The molecule has 1 N–H and O–H groups in total. The zero-order chi connectivity index (χ0) is 13.5. The van der Waals surface area contributed by atoms with Crippen LogP contribution in [0.3, 0.4) is 0 Å². The normalized spacial score (nSPS) is 11.9. The van der Waals surface area contributed by atoms with Crippen LogP contribution in [0.2, 0.25) is 0 Å². The Bertz CT molecular complexity index is 776. The van der Waals surface area contributed by atoms with Crippen molar-refractivity contribution in [2.75, 3.05) is 7.05 Å². The molecule has 2 rings (SSSR count). The number of aromatic nitrogens is 1. The van der Waals surface area contributed by atoms with E-state index in [0.29, 0.717) is 5.39 Å². The van der Waals surface area contributed by atoms with Gasteiger partial charge in [-0.05, 0) is 31.7 Å². The first kappa shape index (κ1) is 12.8. The van der Waals surface area contributed by atoms with E-state index in [1.54, 1.807) is 23.7 Å². The maximum atomic E-state index is 12.2. The lowest BCUT2D eigenvalue weighted by Crippen LogP contribution is -2.26. The molecule has 0 aliphatic rings. The summed E-state index contributed by atoms with van der Waals surface area (Å²) in [6, 6.07) is 5.30. The first-order chi connectivity index (χ1) is 8.36. The van der Waals surface area contributed by atoms with Gasteiger partial charge in [0.15, 0.2) is 0 Å². The van der Waals surface area contributed by atoms with Gasteiger partial charge in [0.05, 0.1) is 5.52 Å². The predicted octanol–water partition coefficient (Wildman–Crippen LogP) is 0.755. The van der Waals surface area contributed by atoms with Gasteiger partial charge in [0.2, 0.25) is 15.5 Å². The molecule has 18 heavy (non-hydrogen) atoms. The van der Waals surface area contributed by atoms with E-state index in [2.05, 4.69) is 4.72 Å². The first-order valence-electron chi connectivity index (χ1n) is 5.40. The molecule has 1 heterocycles. The Balaban J connectivity index is 2.95. The molecule has 2 aromatic rings.